The first kappa shape index (κ1) is 44.9. The molecule has 6 aliphatic rings. The van der Waals surface area contributed by atoms with E-state index in [-0.39, 0.29) is 44.9 Å². The molecule has 1 fully saturated rings. The second-order valence-corrected chi connectivity index (χ2v) is 26.2. The van der Waals surface area contributed by atoms with E-state index in [2.05, 4.69) is 243 Å². The van der Waals surface area contributed by atoms with E-state index >= 15 is 0 Å². The van der Waals surface area contributed by atoms with Gasteiger partial charge in [-0.05, 0) is 153 Å². The van der Waals surface area contributed by atoms with Gasteiger partial charge in [0.2, 0.25) is 0 Å². The molecule has 0 amide bonds. The predicted octanol–water partition coefficient (Wildman–Crippen LogP) is 15.2. The highest BCUT2D eigenvalue weighted by Crippen LogP contribution is 2.67. The van der Waals surface area contributed by atoms with Gasteiger partial charge in [0.15, 0.2) is 0 Å². The summed E-state index contributed by atoms with van der Waals surface area (Å²) in [6, 6.07) is 58.5. The van der Waals surface area contributed by atoms with Gasteiger partial charge in [-0.2, -0.15) is 0 Å². The van der Waals surface area contributed by atoms with E-state index in [1.165, 1.54) is 114 Å². The number of anilines is 7. The molecule has 0 radical (unpaired) electrons. The quantitative estimate of drug-likeness (QED) is 0.164. The summed E-state index contributed by atoms with van der Waals surface area (Å²) in [4.78, 5) is 8.45. The smallest absolute Gasteiger partial charge is 0.252 e. The van der Waals surface area contributed by atoms with Crippen molar-refractivity contribution >= 4 is 62.9 Å². The van der Waals surface area contributed by atoms with Gasteiger partial charge < -0.3 is 14.7 Å². The first-order chi connectivity index (χ1) is 33.7. The number of para-hydroxylation sites is 1. The Kier molecular flexibility index (Phi) is 9.22. The fourth-order valence-corrected chi connectivity index (χ4v) is 15.5. The average Bonchev–Trinajstić information content (AvgIpc) is 3.72. The van der Waals surface area contributed by atoms with Gasteiger partial charge >= 0.3 is 0 Å². The molecular formula is C67H72BN3. The van der Waals surface area contributed by atoms with Crippen molar-refractivity contribution in [3.8, 4) is 0 Å². The van der Waals surface area contributed by atoms with Crippen LogP contribution in [0.5, 0.6) is 0 Å². The number of aryl methyl sites for hydroxylation is 1. The lowest BCUT2D eigenvalue weighted by atomic mass is 9.33. The first-order valence-electron chi connectivity index (χ1n) is 27.0. The van der Waals surface area contributed by atoms with E-state index in [9.17, 15) is 0 Å². The van der Waals surface area contributed by atoms with Crippen LogP contribution in [-0.2, 0) is 39.0 Å². The Morgan fingerprint density at radius 1 is 0.465 bits per heavy atom. The van der Waals surface area contributed by atoms with Crippen LogP contribution in [0.15, 0.2) is 146 Å². The molecule has 0 saturated heterocycles. The van der Waals surface area contributed by atoms with Crippen LogP contribution in [-0.4, -0.2) is 12.3 Å². The summed E-state index contributed by atoms with van der Waals surface area (Å²) in [7, 11) is 0. The minimum Gasteiger partial charge on any atom is -0.335 e. The van der Waals surface area contributed by atoms with Crippen LogP contribution in [0.3, 0.4) is 0 Å². The molecule has 4 heterocycles. The normalized spacial score (nSPS) is 24.7. The molecule has 2 aliphatic carbocycles. The average molecular weight is 930 g/mol. The summed E-state index contributed by atoms with van der Waals surface area (Å²) < 4.78 is 0. The SMILES string of the molecule is CC(C)(C)c1ccc(N2c3ccc(C(C)(C)C)cc3B3c4cccc5c4N(c4cc(N6c7ccc(C(C)(C)C)cc7C7(C)CCc8ccccc8C67C)cc2c43)C2(C)CCCCC52c2ccccc2)cc1. The Labute approximate surface area is 425 Å². The van der Waals surface area contributed by atoms with Gasteiger partial charge in [0.25, 0.3) is 6.71 Å². The molecule has 4 aliphatic heterocycles. The van der Waals surface area contributed by atoms with Crippen molar-refractivity contribution in [2.75, 3.05) is 14.7 Å². The van der Waals surface area contributed by atoms with Crippen molar-refractivity contribution in [3.05, 3.63) is 190 Å². The van der Waals surface area contributed by atoms with E-state index in [1.807, 2.05) is 0 Å². The highest BCUT2D eigenvalue weighted by atomic mass is 15.3. The minimum atomic E-state index is -0.361. The third-order valence-corrected chi connectivity index (χ3v) is 19.4. The van der Waals surface area contributed by atoms with E-state index in [1.54, 1.807) is 0 Å². The Bertz CT molecular complexity index is 3350. The number of benzene rings is 7. The summed E-state index contributed by atoms with van der Waals surface area (Å²) in [5.74, 6) is 0. The number of rotatable bonds is 3. The Balaban J connectivity index is 1.17. The molecule has 13 rings (SSSR count). The van der Waals surface area contributed by atoms with Gasteiger partial charge in [-0.3, -0.25) is 0 Å². The highest BCUT2D eigenvalue weighted by molar-refractivity contribution is 7.00. The van der Waals surface area contributed by atoms with Crippen LogP contribution in [0.2, 0.25) is 0 Å². The lowest BCUT2D eigenvalue weighted by molar-refractivity contribution is 0.215. The minimum absolute atomic E-state index is 0.0192. The Morgan fingerprint density at radius 3 is 1.80 bits per heavy atom. The van der Waals surface area contributed by atoms with E-state index in [4.69, 9.17) is 0 Å². The predicted molar refractivity (Wildman–Crippen MR) is 303 cm³/mol. The number of hydrogen-bond acceptors (Lipinski definition) is 3. The summed E-state index contributed by atoms with van der Waals surface area (Å²) in [6.07, 6.45) is 6.85. The third kappa shape index (κ3) is 5.80. The van der Waals surface area contributed by atoms with Gasteiger partial charge in [0.05, 0.1) is 11.1 Å². The van der Waals surface area contributed by atoms with Gasteiger partial charge in [-0.15, -0.1) is 0 Å². The maximum absolute atomic E-state index is 2.94. The zero-order valence-electron chi connectivity index (χ0n) is 44.5. The molecule has 3 nitrogen and oxygen atoms in total. The first-order valence-corrected chi connectivity index (χ1v) is 27.0. The van der Waals surface area contributed by atoms with Crippen LogP contribution >= 0.6 is 0 Å². The number of nitrogens with zero attached hydrogens (tertiary/aromatic N) is 3. The van der Waals surface area contributed by atoms with Crippen molar-refractivity contribution < 1.29 is 0 Å². The molecule has 0 bridgehead atoms. The van der Waals surface area contributed by atoms with E-state index < -0.39 is 0 Å². The van der Waals surface area contributed by atoms with Gasteiger partial charge in [-0.25, -0.2) is 0 Å². The maximum atomic E-state index is 2.94. The molecule has 358 valence electrons. The second kappa shape index (κ2) is 14.6. The molecule has 0 aromatic heterocycles. The van der Waals surface area contributed by atoms with Crippen molar-refractivity contribution in [3.63, 3.8) is 0 Å². The van der Waals surface area contributed by atoms with Crippen LogP contribution in [0.4, 0.5) is 39.8 Å². The second-order valence-electron chi connectivity index (χ2n) is 26.2. The molecule has 71 heavy (non-hydrogen) atoms. The molecular weight excluding hydrogens is 858 g/mol. The Hall–Kier alpha value is -6.00. The van der Waals surface area contributed by atoms with Crippen molar-refractivity contribution in [1.82, 2.24) is 0 Å². The lowest BCUT2D eigenvalue weighted by Gasteiger charge is -2.55. The molecule has 0 N–H and O–H groups in total. The molecule has 7 aromatic rings. The molecule has 4 unspecified atom stereocenters. The van der Waals surface area contributed by atoms with Crippen LogP contribution in [0.25, 0.3) is 0 Å². The molecule has 0 spiro atoms. The number of fused-ring (bicyclic) bond motifs is 12. The van der Waals surface area contributed by atoms with Gasteiger partial charge in [0, 0.05) is 50.6 Å². The lowest BCUT2D eigenvalue weighted by Crippen LogP contribution is -2.65. The molecule has 1 saturated carbocycles. The van der Waals surface area contributed by atoms with E-state index in [0.29, 0.717) is 0 Å². The molecule has 4 atom stereocenters. The standard InChI is InChI=1S/C67H72BN3/c1-61(2,3)44-27-31-48(32-28-44)69-56-34-30-47(63(7,8)9)40-54(56)68-53-26-20-25-51-60(53)71(65(11)36-18-19-37-67(51,65)45-22-14-13-15-23-45)58-42-49(41-57(69)59(58)68)70-55-33-29-46(62(4,5)6)39-52(55)64(10)38-35-43-21-16-17-24-50(43)66(64,70)12/h13-17,20-34,39-42H,18-19,35-38H2,1-12H3. The summed E-state index contributed by atoms with van der Waals surface area (Å²) in [5, 5.41) is 0. The van der Waals surface area contributed by atoms with Crippen LogP contribution in [0.1, 0.15) is 160 Å². The fraction of sp³-hybridized carbons (Fsp3) is 0.373. The zero-order chi connectivity index (χ0) is 49.4. The third-order valence-electron chi connectivity index (χ3n) is 19.4. The topological polar surface area (TPSA) is 9.72 Å². The van der Waals surface area contributed by atoms with Crippen molar-refractivity contribution in [1.29, 1.82) is 0 Å². The van der Waals surface area contributed by atoms with Crippen LogP contribution < -0.4 is 31.1 Å². The number of hydrogen-bond donors (Lipinski definition) is 0. The summed E-state index contributed by atoms with van der Waals surface area (Å²) in [5.41, 5.74) is 24.2. The highest BCUT2D eigenvalue weighted by Gasteiger charge is 2.65. The molecule has 7 aromatic carbocycles. The van der Waals surface area contributed by atoms with Gasteiger partial charge in [-0.1, -0.05) is 191 Å². The van der Waals surface area contributed by atoms with Gasteiger partial charge in [0.1, 0.15) is 0 Å². The van der Waals surface area contributed by atoms with Crippen molar-refractivity contribution in [2.24, 2.45) is 0 Å². The fourth-order valence-electron chi connectivity index (χ4n) is 15.5. The zero-order valence-corrected chi connectivity index (χ0v) is 44.5. The largest absolute Gasteiger partial charge is 0.335 e. The Morgan fingerprint density at radius 2 is 1.08 bits per heavy atom. The maximum Gasteiger partial charge on any atom is 0.252 e. The monoisotopic (exact) mass is 930 g/mol. The summed E-state index contributed by atoms with van der Waals surface area (Å²) >= 11 is 0. The van der Waals surface area contributed by atoms with Crippen molar-refractivity contribution in [2.45, 2.75) is 160 Å². The molecule has 4 heteroatoms. The summed E-state index contributed by atoms with van der Waals surface area (Å²) in [6.45, 7) is 29.1. The van der Waals surface area contributed by atoms with Crippen LogP contribution in [0, 0.1) is 0 Å². The van der Waals surface area contributed by atoms with E-state index in [0.717, 1.165) is 25.7 Å².